The van der Waals surface area contributed by atoms with Crippen molar-refractivity contribution >= 4 is 29.1 Å². The lowest BCUT2D eigenvalue weighted by molar-refractivity contribution is 0.906. The molecule has 0 aliphatic carbocycles. The van der Waals surface area contributed by atoms with Crippen LogP contribution in [0.5, 0.6) is 0 Å². The van der Waals surface area contributed by atoms with E-state index in [1.807, 2.05) is 91.9 Å². The van der Waals surface area contributed by atoms with Gasteiger partial charge in [-0.25, -0.2) is 0 Å². The molecule has 0 aliphatic rings. The van der Waals surface area contributed by atoms with Crippen LogP contribution in [0.25, 0.3) is 16.8 Å². The first-order valence-corrected chi connectivity index (χ1v) is 10.3. The van der Waals surface area contributed by atoms with Crippen molar-refractivity contribution in [2.75, 3.05) is 5.73 Å². The third kappa shape index (κ3) is 3.82. The van der Waals surface area contributed by atoms with Gasteiger partial charge in [0, 0.05) is 26.9 Å². The molecule has 144 valence electrons. The summed E-state index contributed by atoms with van der Waals surface area (Å²) in [6, 6.07) is 26.9. The normalized spacial score (nSPS) is 10.8. The molecule has 0 atom stereocenters. The summed E-state index contributed by atoms with van der Waals surface area (Å²) in [5, 5.41) is 0.651. The Labute approximate surface area is 178 Å². The quantitative estimate of drug-likeness (QED) is 0.429. The fourth-order valence-corrected chi connectivity index (χ4v) is 4.39. The summed E-state index contributed by atoms with van der Waals surface area (Å²) in [7, 11) is 0. The number of nitrogens with zero attached hydrogens (tertiary/aromatic N) is 1. The van der Waals surface area contributed by atoms with E-state index in [2.05, 4.69) is 0 Å². The van der Waals surface area contributed by atoms with E-state index in [9.17, 15) is 4.79 Å². The molecule has 0 amide bonds. The van der Waals surface area contributed by atoms with E-state index in [1.165, 1.54) is 11.8 Å². The van der Waals surface area contributed by atoms with E-state index in [1.54, 1.807) is 4.57 Å². The van der Waals surface area contributed by atoms with E-state index in [-0.39, 0.29) is 5.56 Å². The number of halogens is 1. The fourth-order valence-electron chi connectivity index (χ4n) is 3.37. The second-order valence-electron chi connectivity index (χ2n) is 6.60. The number of rotatable bonds is 4. The number of nitrogens with two attached hydrogens (primary N) is 1. The average Bonchev–Trinajstić information content (AvgIpc) is 2.74. The van der Waals surface area contributed by atoms with Crippen LogP contribution >= 0.6 is 23.4 Å². The van der Waals surface area contributed by atoms with Crippen LogP contribution in [0, 0.1) is 6.92 Å². The molecule has 0 unspecified atom stereocenters. The smallest absolute Gasteiger partial charge is 0.271 e. The lowest BCUT2D eigenvalue weighted by Gasteiger charge is -2.20. The second-order valence-corrected chi connectivity index (χ2v) is 8.12. The lowest BCUT2D eigenvalue weighted by Crippen LogP contribution is -2.24. The van der Waals surface area contributed by atoms with Crippen molar-refractivity contribution in [3.05, 3.63) is 106 Å². The van der Waals surface area contributed by atoms with Crippen molar-refractivity contribution in [3.63, 3.8) is 0 Å². The molecule has 3 aromatic carbocycles. The minimum absolute atomic E-state index is 0.133. The van der Waals surface area contributed by atoms with Crippen molar-refractivity contribution in [2.24, 2.45) is 0 Å². The van der Waals surface area contributed by atoms with Gasteiger partial charge in [0.05, 0.1) is 5.69 Å². The molecular weight excluding hydrogens is 400 g/mol. The van der Waals surface area contributed by atoms with Crippen molar-refractivity contribution in [3.8, 4) is 16.8 Å². The molecule has 5 heteroatoms. The van der Waals surface area contributed by atoms with Gasteiger partial charge in [-0.05, 0) is 48.9 Å². The van der Waals surface area contributed by atoms with Gasteiger partial charge in [0.2, 0.25) is 0 Å². The van der Waals surface area contributed by atoms with Crippen LogP contribution in [0.15, 0.2) is 99.5 Å². The number of hydrogen-bond acceptors (Lipinski definition) is 3. The zero-order valence-corrected chi connectivity index (χ0v) is 17.4. The first-order chi connectivity index (χ1) is 14.1. The molecule has 0 saturated carbocycles. The van der Waals surface area contributed by atoms with Gasteiger partial charge < -0.3 is 5.73 Å². The topological polar surface area (TPSA) is 48.0 Å². The van der Waals surface area contributed by atoms with Crippen LogP contribution in [0.4, 0.5) is 5.69 Å². The third-order valence-corrected chi connectivity index (χ3v) is 6.08. The van der Waals surface area contributed by atoms with E-state index in [0.29, 0.717) is 15.6 Å². The predicted molar refractivity (Wildman–Crippen MR) is 122 cm³/mol. The third-order valence-electron chi connectivity index (χ3n) is 4.72. The highest BCUT2D eigenvalue weighted by Crippen LogP contribution is 2.38. The van der Waals surface area contributed by atoms with Crippen molar-refractivity contribution < 1.29 is 0 Å². The maximum absolute atomic E-state index is 13.5. The molecule has 1 aromatic heterocycles. The average molecular weight is 419 g/mol. The summed E-state index contributed by atoms with van der Waals surface area (Å²) in [6.45, 7) is 1.93. The Bertz CT molecular complexity index is 1200. The SMILES string of the molecule is Cc1c(-c2ccccc2)c(N)c(Sc2ccc(Cl)cc2)c(=O)n1-c1ccccc1. The van der Waals surface area contributed by atoms with Crippen LogP contribution in [0.2, 0.25) is 5.02 Å². The largest absolute Gasteiger partial charge is 0.397 e. The van der Waals surface area contributed by atoms with Gasteiger partial charge in [-0.2, -0.15) is 0 Å². The molecule has 0 bridgehead atoms. The van der Waals surface area contributed by atoms with Crippen LogP contribution < -0.4 is 11.3 Å². The second kappa shape index (κ2) is 8.19. The van der Waals surface area contributed by atoms with Gasteiger partial charge >= 0.3 is 0 Å². The zero-order valence-electron chi connectivity index (χ0n) is 15.8. The Morgan fingerprint density at radius 2 is 1.45 bits per heavy atom. The Hall–Kier alpha value is -2.95. The highest BCUT2D eigenvalue weighted by Gasteiger charge is 2.20. The molecule has 0 aliphatic heterocycles. The highest BCUT2D eigenvalue weighted by molar-refractivity contribution is 7.99. The molecule has 4 aromatic rings. The van der Waals surface area contributed by atoms with Gasteiger partial charge in [-0.15, -0.1) is 0 Å². The summed E-state index contributed by atoms with van der Waals surface area (Å²) in [5.41, 5.74) is 10.4. The summed E-state index contributed by atoms with van der Waals surface area (Å²) >= 11 is 7.37. The number of para-hydroxylation sites is 1. The maximum Gasteiger partial charge on any atom is 0.271 e. The van der Waals surface area contributed by atoms with Crippen molar-refractivity contribution in [1.82, 2.24) is 4.57 Å². The number of hydrogen-bond donors (Lipinski definition) is 1. The van der Waals surface area contributed by atoms with Crippen LogP contribution in [0.3, 0.4) is 0 Å². The van der Waals surface area contributed by atoms with Gasteiger partial charge in [0.15, 0.2) is 0 Å². The van der Waals surface area contributed by atoms with E-state index in [4.69, 9.17) is 17.3 Å². The van der Waals surface area contributed by atoms with E-state index < -0.39 is 0 Å². The van der Waals surface area contributed by atoms with Crippen LogP contribution in [0.1, 0.15) is 5.69 Å². The summed E-state index contributed by atoms with van der Waals surface area (Å²) < 4.78 is 1.73. The zero-order chi connectivity index (χ0) is 20.4. The Morgan fingerprint density at radius 3 is 2.07 bits per heavy atom. The molecule has 29 heavy (non-hydrogen) atoms. The Morgan fingerprint density at radius 1 is 0.862 bits per heavy atom. The molecule has 0 radical (unpaired) electrons. The molecule has 0 fully saturated rings. The minimum atomic E-state index is -0.133. The molecule has 4 rings (SSSR count). The van der Waals surface area contributed by atoms with Crippen LogP contribution in [-0.4, -0.2) is 4.57 Å². The number of nitrogen functional groups attached to an aromatic ring is 1. The lowest BCUT2D eigenvalue weighted by atomic mass is 10.0. The van der Waals surface area contributed by atoms with Crippen molar-refractivity contribution in [2.45, 2.75) is 16.7 Å². The molecule has 0 saturated heterocycles. The van der Waals surface area contributed by atoms with Gasteiger partial charge in [0.1, 0.15) is 4.90 Å². The number of anilines is 1. The number of aromatic nitrogens is 1. The van der Waals surface area contributed by atoms with Crippen LogP contribution in [-0.2, 0) is 0 Å². The molecule has 3 nitrogen and oxygen atoms in total. The maximum atomic E-state index is 13.5. The molecule has 2 N–H and O–H groups in total. The molecule has 1 heterocycles. The Kier molecular flexibility index (Phi) is 5.47. The molecule has 0 spiro atoms. The summed E-state index contributed by atoms with van der Waals surface area (Å²) in [6.07, 6.45) is 0. The summed E-state index contributed by atoms with van der Waals surface area (Å²) in [5.74, 6) is 0. The standard InChI is InChI=1S/C24H19ClN2OS/c1-16-21(17-8-4-2-5-9-17)22(26)23(29-20-14-12-18(25)13-15-20)24(28)27(16)19-10-6-3-7-11-19/h2-15H,26H2,1H3. The first-order valence-electron chi connectivity index (χ1n) is 9.15. The van der Waals surface area contributed by atoms with Gasteiger partial charge in [0.25, 0.3) is 5.56 Å². The monoisotopic (exact) mass is 418 g/mol. The minimum Gasteiger partial charge on any atom is -0.397 e. The predicted octanol–water partition coefficient (Wildman–Crippen LogP) is 6.20. The van der Waals surface area contributed by atoms with Crippen molar-refractivity contribution in [1.29, 1.82) is 0 Å². The van der Waals surface area contributed by atoms with Gasteiger partial charge in [-0.3, -0.25) is 9.36 Å². The fraction of sp³-hybridized carbons (Fsp3) is 0.0417. The first kappa shape index (κ1) is 19.4. The summed E-state index contributed by atoms with van der Waals surface area (Å²) in [4.78, 5) is 14.9. The number of pyridine rings is 1. The number of benzene rings is 3. The highest BCUT2D eigenvalue weighted by atomic mass is 35.5. The molecular formula is C24H19ClN2OS. The van der Waals surface area contributed by atoms with Gasteiger partial charge in [-0.1, -0.05) is 71.9 Å². The Balaban J connectivity index is 1.99. The van der Waals surface area contributed by atoms with E-state index >= 15 is 0 Å². The van der Waals surface area contributed by atoms with E-state index in [0.717, 1.165) is 27.4 Å².